The molecule has 15 atom stereocenters. The molecule has 9 heterocycles. The molecular weight excluding hydrogens is 2060 g/mol. The Hall–Kier alpha value is -5.82. The first-order valence-corrected chi connectivity index (χ1v) is 58.3. The van der Waals surface area contributed by atoms with Gasteiger partial charge >= 0.3 is 65.4 Å². The first-order chi connectivity index (χ1) is 69.2. The number of amides is 4. The van der Waals surface area contributed by atoms with Crippen molar-refractivity contribution in [2.75, 3.05) is 131 Å². The number of likely N-dealkylation sites (N-methyl/N-ethyl adjacent to an activating group) is 2. The van der Waals surface area contributed by atoms with E-state index >= 15 is 0 Å². The van der Waals surface area contributed by atoms with Crippen molar-refractivity contribution in [2.45, 2.75) is 303 Å². The third-order valence-corrected chi connectivity index (χ3v) is 41.4. The van der Waals surface area contributed by atoms with Gasteiger partial charge in [-0.05, 0) is 155 Å². The highest BCUT2D eigenvalue weighted by atomic mass is 32.2. The average Bonchev–Trinajstić information content (AvgIpc) is 1.62. The summed E-state index contributed by atoms with van der Waals surface area (Å²) in [7, 11) is -27.3. The van der Waals surface area contributed by atoms with Crippen LogP contribution in [-0.2, 0) is 94.2 Å². The normalized spacial score (nSPS) is 28.2. The van der Waals surface area contributed by atoms with Crippen molar-refractivity contribution >= 4 is 140 Å². The van der Waals surface area contributed by atoms with Crippen molar-refractivity contribution in [3.8, 4) is 0 Å². The van der Waals surface area contributed by atoms with E-state index in [0.29, 0.717) is 78.0 Å². The Morgan fingerprint density at radius 1 is 0.362 bits per heavy atom. The molecule has 12 aliphatic rings. The summed E-state index contributed by atoms with van der Waals surface area (Å²) in [5.74, 6) is -13.0. The number of rotatable bonds is 50. The van der Waals surface area contributed by atoms with Gasteiger partial charge in [0, 0.05) is 178 Å². The fourth-order valence-electron chi connectivity index (χ4n) is 21.6. The number of aliphatic carboxylic acids is 5. The largest absolute Gasteiger partial charge is 0.480 e. The number of carbonyl (C=O) groups is 9. The molecule has 0 aromatic rings. The van der Waals surface area contributed by atoms with Gasteiger partial charge in [-0.15, -0.1) is 0 Å². The number of nitrogens with zero attached hydrogens (tertiary/aromatic N) is 10. The molecule has 56 nitrogen and oxygen atoms in total. The van der Waals surface area contributed by atoms with Crippen molar-refractivity contribution in [2.24, 2.45) is 69.4 Å². The molecule has 1 spiro atoms. The molecule has 0 aromatic carbocycles. The third-order valence-electron chi connectivity index (χ3n) is 31.4. The molecule has 9 aliphatic heterocycles. The molecule has 0 bridgehead atoms. The van der Waals surface area contributed by atoms with Crippen LogP contribution in [-0.4, -0.2) is 462 Å². The lowest BCUT2D eigenvalue weighted by atomic mass is 9.65. The molecule has 33 N–H and O–H groups in total. The monoisotopic (exact) mass is 2230 g/mol. The van der Waals surface area contributed by atoms with Crippen LogP contribution in [0.4, 0.5) is 0 Å². The van der Waals surface area contributed by atoms with Crippen LogP contribution in [0.2, 0.25) is 31.6 Å². The molecule has 3 saturated carbocycles. The Kier molecular flexibility index (Phi) is 46.1. The van der Waals surface area contributed by atoms with Crippen LogP contribution in [0.15, 0.2) is 0 Å². The molecule has 149 heavy (non-hydrogen) atoms. The highest BCUT2D eigenvalue weighted by molar-refractivity contribution is 7.88. The lowest BCUT2D eigenvalue weighted by Crippen LogP contribution is -2.65. The van der Waals surface area contributed by atoms with Gasteiger partial charge in [0.1, 0.15) is 5.54 Å². The van der Waals surface area contributed by atoms with Gasteiger partial charge in [-0.1, -0.05) is 71.6 Å². The van der Waals surface area contributed by atoms with Crippen LogP contribution in [0.3, 0.4) is 0 Å². The van der Waals surface area contributed by atoms with Crippen molar-refractivity contribution in [3.63, 3.8) is 0 Å². The first-order valence-electron chi connectivity index (χ1n) is 51.3. The van der Waals surface area contributed by atoms with E-state index in [-0.39, 0.29) is 165 Å². The van der Waals surface area contributed by atoms with Crippen molar-refractivity contribution < 1.29 is 161 Å². The summed E-state index contributed by atoms with van der Waals surface area (Å²) in [6.07, 6.45) is 13.2. The third kappa shape index (κ3) is 30.8. The van der Waals surface area contributed by atoms with Gasteiger partial charge < -0.3 is 142 Å². The molecule has 12 fully saturated rings. The molecule has 3 aliphatic carbocycles. The van der Waals surface area contributed by atoms with Gasteiger partial charge in [0.25, 0.3) is 51.0 Å². The summed E-state index contributed by atoms with van der Waals surface area (Å²) in [5.41, 5.74) is 25.2. The zero-order chi connectivity index (χ0) is 112. The van der Waals surface area contributed by atoms with Crippen molar-refractivity contribution in [1.82, 2.24) is 75.0 Å². The van der Waals surface area contributed by atoms with Gasteiger partial charge in [-0.3, -0.25) is 24.0 Å². The lowest BCUT2D eigenvalue weighted by Gasteiger charge is -2.55. The number of carbonyl (C=O) groups excluding carboxylic acids is 4. The highest BCUT2D eigenvalue weighted by Gasteiger charge is 2.65. The van der Waals surface area contributed by atoms with E-state index in [1.807, 2.05) is 0 Å². The Morgan fingerprint density at radius 2 is 0.671 bits per heavy atom. The zero-order valence-corrected chi connectivity index (χ0v) is 90.2. The van der Waals surface area contributed by atoms with E-state index in [2.05, 4.69) is 31.9 Å². The Bertz CT molecular complexity index is 5120. The number of carboxylic acids is 5. The van der Waals surface area contributed by atoms with Crippen molar-refractivity contribution in [3.05, 3.63) is 0 Å². The topological polar surface area (TPSA) is 888 Å². The minimum atomic E-state index is -4.09. The summed E-state index contributed by atoms with van der Waals surface area (Å²) in [6, 6.07) is -4.71. The second-order valence-electron chi connectivity index (χ2n) is 42.4. The van der Waals surface area contributed by atoms with E-state index in [9.17, 15) is 111 Å². The molecular formula is C83H161B5N22O34S5. The number of nitrogens with two attached hydrogens (primary N) is 6. The van der Waals surface area contributed by atoms with Gasteiger partial charge in [0.05, 0.1) is 36.3 Å². The SMILES string of the molecule is CCN(C1CNC1)S(=O)(=O)N1C[C@H](CCCB(O)O)[C@](NC(=O)[C@H](C)N)(C(=O)O)C1.CCN([C@@H](C)C1(N)CC1)S(=O)(=O)N1C[C@H](CCCB(O)O)[C@](NC(=O)[C@H](C)N)(C(=O)O)C1.C[C@H](N)C(=O)N[C@@]1(C(=O)O)CN(S(=O)(=O)N2CC3(CCC3)C2)C[C@@H]1CCCB(O)O.C[C@H](N)C(=O)N[C@@]1(C(=O)O)CN(S(=O)(=O)N2CCCCC2)C[C@@H]1CCCB(O)O.N[C@@]1(C(=O)O)CN(S(=O)(=O)N(C2CCCC2)C2CNC2)C[C@@H]1CCCB(O)O. The summed E-state index contributed by atoms with van der Waals surface area (Å²) >= 11 is 0. The molecule has 4 amide bonds. The summed E-state index contributed by atoms with van der Waals surface area (Å²) in [5, 5.41) is 157. The number of nitrogens with one attached hydrogen (secondary N) is 6. The summed E-state index contributed by atoms with van der Waals surface area (Å²) in [6.45, 7) is 12.8. The molecule has 0 aromatic heterocycles. The van der Waals surface area contributed by atoms with E-state index < -0.39 is 253 Å². The van der Waals surface area contributed by atoms with Crippen LogP contribution in [0.25, 0.3) is 0 Å². The molecule has 852 valence electrons. The standard InChI is InChI=1S/C18H36BN5O7S.C17H31BN4O7S.C16H32BN5O7S.C16H31BN4O7S.C16H31BN4O6S/c1-4-24(13(3)17(21)7-8-17)32(30,31)23-10-14(6-5-9-19(28)29)18(11-23,16(26)27)22-15(25)12(2)20;1-12(19)14(23)20-17(15(24)25)11-21(8-13(17)4-2-7-18(26)27)30(28,29)22-9-16(10-22)5-3-6-16;1-3-22(13-7-19-8-13)30(28,29)21-9-12(5-4-6-17(26)27)16(10-21,15(24)25)20-14(23)11(2)18;1-12(18)14(22)19-16(15(23)24)11-21(10-13(16)6-5-7-17(25)26)29(27,28)20-8-3-2-4-9-20;18-16(15(22)23)11-20(10-12(16)4-3-7-17(24)25)28(26,27)21(14-8-19-9-14)13-5-1-2-6-13/h12-14,28-29H,4-11,20-21H2,1-3H3,(H,22,25)(H,26,27);12-13,26-27H,2-11,19H2,1H3,(H,20,23)(H,24,25);11-13,19,26-27H,3-10,18H2,1-2H3,(H,20,23)(H,24,25);12-13,25-26H,2-11,18H2,1H3,(H,19,22)(H,23,24);12-14,19,24-25H,1-11,18H2,(H,22,23)/t12-,13-,14-,18-;12-,13-,17-;11-,12-,16-;12-,13-,16-;12-,16-/m00000/s1. The van der Waals surface area contributed by atoms with Crippen LogP contribution >= 0.6 is 0 Å². The maximum Gasteiger partial charge on any atom is 0.451 e. The fourth-order valence-corrected chi connectivity index (χ4v) is 31.3. The number of carboxylic acid groups (broad SMARTS) is 5. The molecule has 0 unspecified atom stereocenters. The van der Waals surface area contributed by atoms with Crippen LogP contribution in [0.5, 0.6) is 0 Å². The van der Waals surface area contributed by atoms with Gasteiger partial charge in [0.15, 0.2) is 22.2 Å². The Morgan fingerprint density at radius 3 is 0.953 bits per heavy atom. The van der Waals surface area contributed by atoms with E-state index in [4.69, 9.17) is 84.6 Å². The Balaban J connectivity index is 0.000000227. The maximum atomic E-state index is 13.5. The first kappa shape index (κ1) is 128. The number of hydrogen-bond acceptors (Lipinski definition) is 37. The fraction of sp³-hybridized carbons (Fsp3) is 0.892. The van der Waals surface area contributed by atoms with E-state index in [1.165, 1.54) is 49.2 Å². The predicted octanol–water partition coefficient (Wildman–Crippen LogP) is -10.3. The molecule has 0 radical (unpaired) electrons. The zero-order valence-electron chi connectivity index (χ0n) is 86.1. The van der Waals surface area contributed by atoms with E-state index in [0.717, 1.165) is 81.4 Å². The quantitative estimate of drug-likeness (QED) is 0.0252. The number of piperidine rings is 1. The van der Waals surface area contributed by atoms with Gasteiger partial charge in [-0.25, -0.2) is 19.2 Å². The Labute approximate surface area is 874 Å². The van der Waals surface area contributed by atoms with Crippen LogP contribution < -0.4 is 66.3 Å². The molecule has 9 saturated heterocycles. The minimum absolute atomic E-state index is 0.00595. The smallest absolute Gasteiger partial charge is 0.451 e. The average molecular weight is 2230 g/mol. The number of hydrogen-bond donors (Lipinski definition) is 27. The van der Waals surface area contributed by atoms with E-state index in [1.54, 1.807) is 25.1 Å². The maximum absolute atomic E-state index is 13.5. The van der Waals surface area contributed by atoms with Gasteiger partial charge in [0.2, 0.25) is 23.6 Å². The predicted molar refractivity (Wildman–Crippen MR) is 545 cm³/mol. The molecule has 66 heteroatoms. The van der Waals surface area contributed by atoms with Gasteiger partial charge in [-0.2, -0.15) is 85.1 Å². The van der Waals surface area contributed by atoms with Crippen molar-refractivity contribution in [1.29, 1.82) is 0 Å². The summed E-state index contributed by atoms with van der Waals surface area (Å²) < 4.78 is 146. The van der Waals surface area contributed by atoms with Crippen LogP contribution in [0, 0.1) is 35.0 Å². The second kappa shape index (κ2) is 53.5. The molecule has 12 rings (SSSR count). The minimum Gasteiger partial charge on any atom is -0.480 e. The second-order valence-corrected chi connectivity index (χ2v) is 51.8. The highest BCUT2D eigenvalue weighted by Crippen LogP contribution is 2.51. The lowest BCUT2D eigenvalue weighted by molar-refractivity contribution is -0.149. The summed E-state index contributed by atoms with van der Waals surface area (Å²) in [4.78, 5) is 110. The van der Waals surface area contributed by atoms with Crippen LogP contribution in [0.1, 0.15) is 190 Å².